The number of likely N-dealkylation sites (N-methyl/N-ethyl adjacent to an activating group) is 1. The highest BCUT2D eigenvalue weighted by Gasteiger charge is 2.33. The van der Waals surface area contributed by atoms with Gasteiger partial charge in [-0.3, -0.25) is 4.79 Å². The van der Waals surface area contributed by atoms with Crippen LogP contribution in [-0.4, -0.2) is 38.9 Å². The summed E-state index contributed by atoms with van der Waals surface area (Å²) in [5, 5.41) is 3.14. The highest BCUT2D eigenvalue weighted by atomic mass is 16.5. The topological polar surface area (TPSA) is 56.8 Å². The van der Waals surface area contributed by atoms with Gasteiger partial charge in [-0.05, 0) is 25.6 Å². The number of hydrogen-bond donors (Lipinski definition) is 1. The lowest BCUT2D eigenvalue weighted by atomic mass is 9.98. The van der Waals surface area contributed by atoms with Gasteiger partial charge in [0, 0.05) is 12.5 Å². The molecule has 1 rings (SSSR count). The third kappa shape index (κ3) is 4.42. The molecule has 0 aliphatic heterocycles. The zero-order chi connectivity index (χ0) is 15.0. The molecule has 0 heterocycles. The standard InChI is InChI=1S/C15H23NO4/c1-5-16-15(2,14(17)19-4)9-10-20-13-8-6-7-12(11-13)18-3/h6-8,11,16H,5,9-10H2,1-4H3. The molecule has 1 atom stereocenters. The molecule has 1 aromatic rings. The summed E-state index contributed by atoms with van der Waals surface area (Å²) < 4.78 is 15.6. The summed E-state index contributed by atoms with van der Waals surface area (Å²) in [6, 6.07) is 7.37. The Kier molecular flexibility index (Phi) is 6.31. The van der Waals surface area contributed by atoms with E-state index in [1.165, 1.54) is 7.11 Å². The lowest BCUT2D eigenvalue weighted by Gasteiger charge is -2.27. The van der Waals surface area contributed by atoms with Crippen LogP contribution in [0.2, 0.25) is 0 Å². The minimum Gasteiger partial charge on any atom is -0.497 e. The normalized spacial score (nSPS) is 13.4. The molecular weight excluding hydrogens is 258 g/mol. The van der Waals surface area contributed by atoms with Crippen molar-refractivity contribution < 1.29 is 19.0 Å². The van der Waals surface area contributed by atoms with E-state index in [4.69, 9.17) is 14.2 Å². The molecule has 5 nitrogen and oxygen atoms in total. The Morgan fingerprint density at radius 3 is 2.60 bits per heavy atom. The number of benzene rings is 1. The Morgan fingerprint density at radius 2 is 2.00 bits per heavy atom. The lowest BCUT2D eigenvalue weighted by Crippen LogP contribution is -2.51. The van der Waals surface area contributed by atoms with Crippen LogP contribution in [-0.2, 0) is 9.53 Å². The third-order valence-corrected chi connectivity index (χ3v) is 3.11. The summed E-state index contributed by atoms with van der Waals surface area (Å²) in [5.41, 5.74) is -0.734. The fourth-order valence-corrected chi connectivity index (χ4v) is 1.94. The maximum atomic E-state index is 11.8. The van der Waals surface area contributed by atoms with E-state index in [-0.39, 0.29) is 5.97 Å². The van der Waals surface area contributed by atoms with Gasteiger partial charge in [-0.1, -0.05) is 13.0 Å². The Morgan fingerprint density at radius 1 is 1.30 bits per heavy atom. The minimum atomic E-state index is -0.734. The number of rotatable bonds is 8. The summed E-state index contributed by atoms with van der Waals surface area (Å²) in [4.78, 5) is 11.8. The molecule has 0 bridgehead atoms. The van der Waals surface area contributed by atoms with Crippen LogP contribution in [0.3, 0.4) is 0 Å². The van der Waals surface area contributed by atoms with E-state index in [9.17, 15) is 4.79 Å². The van der Waals surface area contributed by atoms with Gasteiger partial charge in [-0.15, -0.1) is 0 Å². The average Bonchev–Trinajstić information content (AvgIpc) is 2.46. The van der Waals surface area contributed by atoms with Crippen molar-refractivity contribution in [1.29, 1.82) is 0 Å². The van der Waals surface area contributed by atoms with Crippen molar-refractivity contribution in [3.05, 3.63) is 24.3 Å². The lowest BCUT2D eigenvalue weighted by molar-refractivity contribution is -0.148. The summed E-state index contributed by atoms with van der Waals surface area (Å²) in [6.07, 6.45) is 0.519. The van der Waals surface area contributed by atoms with Crippen LogP contribution >= 0.6 is 0 Å². The second-order valence-corrected chi connectivity index (χ2v) is 4.63. The van der Waals surface area contributed by atoms with Crippen molar-refractivity contribution in [2.24, 2.45) is 0 Å². The largest absolute Gasteiger partial charge is 0.497 e. The predicted octanol–water partition coefficient (Wildman–Crippen LogP) is 2.01. The number of esters is 1. The maximum absolute atomic E-state index is 11.8. The molecule has 0 aromatic heterocycles. The Balaban J connectivity index is 2.57. The number of hydrogen-bond acceptors (Lipinski definition) is 5. The van der Waals surface area contributed by atoms with Crippen LogP contribution in [0.1, 0.15) is 20.3 Å². The van der Waals surface area contributed by atoms with Crippen molar-refractivity contribution in [3.63, 3.8) is 0 Å². The summed E-state index contributed by atoms with van der Waals surface area (Å²) in [5.74, 6) is 1.17. The number of carbonyl (C=O) groups excluding carboxylic acids is 1. The smallest absolute Gasteiger partial charge is 0.325 e. The van der Waals surface area contributed by atoms with E-state index in [1.54, 1.807) is 7.11 Å². The molecule has 0 aliphatic carbocycles. The van der Waals surface area contributed by atoms with Gasteiger partial charge < -0.3 is 19.5 Å². The highest BCUT2D eigenvalue weighted by Crippen LogP contribution is 2.20. The fourth-order valence-electron chi connectivity index (χ4n) is 1.94. The molecule has 1 aromatic carbocycles. The molecule has 5 heteroatoms. The first kappa shape index (κ1) is 16.3. The molecule has 1 N–H and O–H groups in total. The van der Waals surface area contributed by atoms with Gasteiger partial charge in [0.2, 0.25) is 0 Å². The van der Waals surface area contributed by atoms with Crippen molar-refractivity contribution in [1.82, 2.24) is 5.32 Å². The molecule has 0 spiro atoms. The molecule has 0 radical (unpaired) electrons. The van der Waals surface area contributed by atoms with Crippen molar-refractivity contribution >= 4 is 5.97 Å². The first-order valence-corrected chi connectivity index (χ1v) is 6.66. The Labute approximate surface area is 120 Å². The second-order valence-electron chi connectivity index (χ2n) is 4.63. The van der Waals surface area contributed by atoms with Crippen LogP contribution in [0.25, 0.3) is 0 Å². The van der Waals surface area contributed by atoms with Crippen LogP contribution < -0.4 is 14.8 Å². The minimum absolute atomic E-state index is 0.284. The SMILES string of the molecule is CCNC(C)(CCOc1cccc(OC)c1)C(=O)OC. The Hall–Kier alpha value is -1.75. The van der Waals surface area contributed by atoms with Gasteiger partial charge in [0.25, 0.3) is 0 Å². The first-order chi connectivity index (χ1) is 9.55. The fraction of sp³-hybridized carbons (Fsp3) is 0.533. The van der Waals surface area contributed by atoms with Crippen LogP contribution in [0.4, 0.5) is 0 Å². The van der Waals surface area contributed by atoms with Gasteiger partial charge in [-0.2, -0.15) is 0 Å². The molecule has 20 heavy (non-hydrogen) atoms. The molecule has 0 saturated heterocycles. The van der Waals surface area contributed by atoms with E-state index in [0.717, 1.165) is 5.75 Å². The number of carbonyl (C=O) groups is 1. The van der Waals surface area contributed by atoms with Crippen LogP contribution in [0.15, 0.2) is 24.3 Å². The molecule has 0 fully saturated rings. The predicted molar refractivity (Wildman–Crippen MR) is 77.2 cm³/mol. The number of nitrogens with one attached hydrogen (secondary N) is 1. The quantitative estimate of drug-likeness (QED) is 0.739. The van der Waals surface area contributed by atoms with Gasteiger partial charge >= 0.3 is 5.97 Å². The van der Waals surface area contributed by atoms with E-state index < -0.39 is 5.54 Å². The summed E-state index contributed by atoms with van der Waals surface area (Å²) >= 11 is 0. The Bertz CT molecular complexity index is 436. The number of ether oxygens (including phenoxy) is 3. The van der Waals surface area contributed by atoms with Crippen LogP contribution in [0.5, 0.6) is 11.5 Å². The maximum Gasteiger partial charge on any atom is 0.325 e. The number of methoxy groups -OCH3 is 2. The second kappa shape index (κ2) is 7.75. The molecule has 0 amide bonds. The highest BCUT2D eigenvalue weighted by molar-refractivity contribution is 5.80. The van der Waals surface area contributed by atoms with E-state index in [2.05, 4.69) is 5.32 Å². The van der Waals surface area contributed by atoms with Gasteiger partial charge in [0.05, 0.1) is 20.8 Å². The molecule has 0 aliphatic rings. The van der Waals surface area contributed by atoms with Crippen molar-refractivity contribution in [2.75, 3.05) is 27.4 Å². The first-order valence-electron chi connectivity index (χ1n) is 6.66. The third-order valence-electron chi connectivity index (χ3n) is 3.11. The van der Waals surface area contributed by atoms with E-state index >= 15 is 0 Å². The van der Waals surface area contributed by atoms with Crippen molar-refractivity contribution in [2.45, 2.75) is 25.8 Å². The summed E-state index contributed by atoms with van der Waals surface area (Å²) in [6.45, 7) is 4.86. The zero-order valence-electron chi connectivity index (χ0n) is 12.6. The zero-order valence-corrected chi connectivity index (χ0v) is 12.6. The van der Waals surface area contributed by atoms with Crippen molar-refractivity contribution in [3.8, 4) is 11.5 Å². The average molecular weight is 281 g/mol. The van der Waals surface area contributed by atoms with E-state index in [0.29, 0.717) is 25.3 Å². The van der Waals surface area contributed by atoms with Crippen LogP contribution in [0, 0.1) is 0 Å². The van der Waals surface area contributed by atoms with E-state index in [1.807, 2.05) is 38.1 Å². The van der Waals surface area contributed by atoms with Gasteiger partial charge in [0.15, 0.2) is 0 Å². The monoisotopic (exact) mass is 281 g/mol. The van der Waals surface area contributed by atoms with Gasteiger partial charge in [0.1, 0.15) is 17.0 Å². The molecular formula is C15H23NO4. The van der Waals surface area contributed by atoms with Gasteiger partial charge in [-0.25, -0.2) is 0 Å². The molecule has 112 valence electrons. The molecule has 1 unspecified atom stereocenters. The summed E-state index contributed by atoms with van der Waals surface area (Å²) in [7, 11) is 3.00. The molecule has 0 saturated carbocycles.